The molecular weight excluding hydrogens is 440 g/mol. The molecule has 1 aromatic carbocycles. The van der Waals surface area contributed by atoms with Crippen LogP contribution in [-0.4, -0.2) is 57.3 Å². The molecule has 0 saturated carbocycles. The minimum Gasteiger partial charge on any atom is -0.444 e. The Balaban J connectivity index is 1.30. The Labute approximate surface area is 207 Å². The molecular formula is C27H36N6O2. The van der Waals surface area contributed by atoms with Crippen molar-refractivity contribution in [2.75, 3.05) is 31.1 Å². The Bertz CT molecular complexity index is 1210. The highest BCUT2D eigenvalue weighted by Crippen LogP contribution is 2.30. The summed E-state index contributed by atoms with van der Waals surface area (Å²) in [6.07, 6.45) is 5.04. The zero-order valence-electron chi connectivity index (χ0n) is 21.3. The third-order valence-corrected chi connectivity index (χ3v) is 6.94. The van der Waals surface area contributed by atoms with Crippen LogP contribution in [0.15, 0.2) is 36.5 Å². The van der Waals surface area contributed by atoms with E-state index in [0.29, 0.717) is 19.6 Å². The van der Waals surface area contributed by atoms with Crippen LogP contribution in [0.1, 0.15) is 56.7 Å². The van der Waals surface area contributed by atoms with Crippen molar-refractivity contribution in [2.24, 2.45) is 7.05 Å². The molecule has 1 unspecified atom stereocenters. The number of hydrogen-bond acceptors (Lipinski definition) is 6. The smallest absolute Gasteiger partial charge is 0.410 e. The lowest BCUT2D eigenvalue weighted by atomic mass is 9.92. The molecule has 1 fully saturated rings. The van der Waals surface area contributed by atoms with Gasteiger partial charge in [-0.3, -0.25) is 4.98 Å². The SMILES string of the molecule is Cn1c(CNC2CCCc3cccnc32)nc2cccc(N3CCN(C(=O)OC(C)(C)C)CC3)c21. The molecule has 8 heteroatoms. The molecule has 1 aliphatic heterocycles. The van der Waals surface area contributed by atoms with Gasteiger partial charge in [0.2, 0.25) is 0 Å². The second-order valence-corrected chi connectivity index (χ2v) is 10.6. The highest BCUT2D eigenvalue weighted by atomic mass is 16.6. The lowest BCUT2D eigenvalue weighted by molar-refractivity contribution is 0.0240. The third-order valence-electron chi connectivity index (χ3n) is 6.94. The van der Waals surface area contributed by atoms with Crippen molar-refractivity contribution in [3.8, 4) is 0 Å². The largest absolute Gasteiger partial charge is 0.444 e. The number of carbonyl (C=O) groups excluding carboxylic acids is 1. The molecule has 35 heavy (non-hydrogen) atoms. The van der Waals surface area contributed by atoms with Crippen LogP contribution in [0.4, 0.5) is 10.5 Å². The summed E-state index contributed by atoms with van der Waals surface area (Å²) >= 11 is 0. The normalized spacial score (nSPS) is 18.6. The molecule has 1 atom stereocenters. The third kappa shape index (κ3) is 4.98. The molecule has 1 saturated heterocycles. The molecule has 5 rings (SSSR count). The monoisotopic (exact) mass is 476 g/mol. The number of ether oxygens (including phenoxy) is 1. The maximum Gasteiger partial charge on any atom is 0.410 e. The quantitative estimate of drug-likeness (QED) is 0.609. The number of fused-ring (bicyclic) bond motifs is 2. The first-order valence-electron chi connectivity index (χ1n) is 12.6. The van der Waals surface area contributed by atoms with E-state index in [0.717, 1.165) is 48.5 Å². The van der Waals surface area contributed by atoms with Crippen molar-refractivity contribution < 1.29 is 9.53 Å². The maximum atomic E-state index is 12.5. The number of aromatic nitrogens is 3. The Morgan fingerprint density at radius 1 is 1.14 bits per heavy atom. The number of amides is 1. The van der Waals surface area contributed by atoms with Gasteiger partial charge in [-0.1, -0.05) is 12.1 Å². The number of benzene rings is 1. The first-order chi connectivity index (χ1) is 16.8. The zero-order chi connectivity index (χ0) is 24.6. The second-order valence-electron chi connectivity index (χ2n) is 10.6. The number of carbonyl (C=O) groups is 1. The van der Waals surface area contributed by atoms with Crippen LogP contribution in [-0.2, 0) is 24.8 Å². The van der Waals surface area contributed by atoms with Gasteiger partial charge in [0, 0.05) is 39.4 Å². The van der Waals surface area contributed by atoms with E-state index >= 15 is 0 Å². The van der Waals surface area contributed by atoms with Gasteiger partial charge in [-0.05, 0) is 63.8 Å². The van der Waals surface area contributed by atoms with E-state index in [9.17, 15) is 4.79 Å². The molecule has 0 radical (unpaired) electrons. The molecule has 3 aromatic rings. The van der Waals surface area contributed by atoms with E-state index in [2.05, 4.69) is 51.1 Å². The Kier molecular flexibility index (Phi) is 6.40. The number of rotatable bonds is 4. The molecule has 3 heterocycles. The van der Waals surface area contributed by atoms with Crippen LogP contribution in [0, 0.1) is 0 Å². The maximum absolute atomic E-state index is 12.5. The van der Waals surface area contributed by atoms with Crippen LogP contribution in [0.25, 0.3) is 11.0 Å². The Hall–Kier alpha value is -3.13. The summed E-state index contributed by atoms with van der Waals surface area (Å²) in [4.78, 5) is 26.2. The van der Waals surface area contributed by atoms with Gasteiger partial charge in [-0.15, -0.1) is 0 Å². The molecule has 8 nitrogen and oxygen atoms in total. The lowest BCUT2D eigenvalue weighted by Gasteiger charge is -2.37. The zero-order valence-corrected chi connectivity index (χ0v) is 21.3. The standard InChI is InChI=1S/C27H36N6O2/c1-27(2,3)35-26(34)33-16-14-32(15-17-33)22-12-6-11-21-25(22)31(4)23(30-21)18-29-20-10-5-8-19-9-7-13-28-24(19)20/h6-7,9,11-13,20,29H,5,8,10,14-18H2,1-4H3. The topological polar surface area (TPSA) is 75.5 Å². The number of nitrogens with one attached hydrogen (secondary N) is 1. The van der Waals surface area contributed by atoms with Crippen LogP contribution in [0.3, 0.4) is 0 Å². The van der Waals surface area contributed by atoms with Gasteiger partial charge in [0.15, 0.2) is 0 Å². The molecule has 1 N–H and O–H groups in total. The van der Waals surface area contributed by atoms with Crippen LogP contribution < -0.4 is 10.2 Å². The van der Waals surface area contributed by atoms with Gasteiger partial charge >= 0.3 is 6.09 Å². The van der Waals surface area contributed by atoms with Gasteiger partial charge in [0.1, 0.15) is 11.4 Å². The molecule has 1 amide bonds. The molecule has 1 aliphatic carbocycles. The molecule has 0 spiro atoms. The summed E-state index contributed by atoms with van der Waals surface area (Å²) in [6.45, 7) is 9.22. The fourth-order valence-corrected chi connectivity index (χ4v) is 5.19. The number of imidazole rings is 1. The number of pyridine rings is 1. The summed E-state index contributed by atoms with van der Waals surface area (Å²) in [5.74, 6) is 1.02. The second kappa shape index (κ2) is 9.49. The summed E-state index contributed by atoms with van der Waals surface area (Å²) < 4.78 is 7.76. The minimum absolute atomic E-state index is 0.233. The van der Waals surface area contributed by atoms with E-state index in [4.69, 9.17) is 9.72 Å². The van der Waals surface area contributed by atoms with Crippen LogP contribution in [0.5, 0.6) is 0 Å². The highest BCUT2D eigenvalue weighted by Gasteiger charge is 2.27. The number of anilines is 1. The number of para-hydroxylation sites is 1. The Morgan fingerprint density at radius 3 is 2.71 bits per heavy atom. The predicted molar refractivity (Wildman–Crippen MR) is 137 cm³/mol. The number of nitrogens with zero attached hydrogens (tertiary/aromatic N) is 5. The fraction of sp³-hybridized carbons (Fsp3) is 0.519. The van der Waals surface area contributed by atoms with E-state index in [1.165, 1.54) is 17.7 Å². The molecule has 2 aromatic heterocycles. The van der Waals surface area contributed by atoms with Gasteiger partial charge in [-0.25, -0.2) is 9.78 Å². The van der Waals surface area contributed by atoms with Gasteiger partial charge < -0.3 is 24.4 Å². The predicted octanol–water partition coefficient (Wildman–Crippen LogP) is 4.19. The van der Waals surface area contributed by atoms with Crippen molar-refractivity contribution in [1.82, 2.24) is 24.8 Å². The van der Waals surface area contributed by atoms with Gasteiger partial charge in [0.05, 0.1) is 35.0 Å². The molecule has 186 valence electrons. The van der Waals surface area contributed by atoms with Gasteiger partial charge in [0.25, 0.3) is 0 Å². The summed E-state index contributed by atoms with van der Waals surface area (Å²) in [7, 11) is 2.10. The van der Waals surface area contributed by atoms with Crippen LogP contribution in [0.2, 0.25) is 0 Å². The average Bonchev–Trinajstić information content (AvgIpc) is 3.17. The number of piperazine rings is 1. The Morgan fingerprint density at radius 2 is 1.94 bits per heavy atom. The summed E-state index contributed by atoms with van der Waals surface area (Å²) in [6, 6.07) is 10.8. The average molecular weight is 477 g/mol. The first kappa shape index (κ1) is 23.6. The summed E-state index contributed by atoms with van der Waals surface area (Å²) in [5.41, 5.74) is 5.36. The minimum atomic E-state index is -0.477. The van der Waals surface area contributed by atoms with E-state index in [-0.39, 0.29) is 12.1 Å². The highest BCUT2D eigenvalue weighted by molar-refractivity contribution is 5.89. The first-order valence-corrected chi connectivity index (χ1v) is 12.6. The molecule has 0 bridgehead atoms. The summed E-state index contributed by atoms with van der Waals surface area (Å²) in [5, 5.41) is 3.71. The van der Waals surface area contributed by atoms with Crippen LogP contribution >= 0.6 is 0 Å². The van der Waals surface area contributed by atoms with Crippen molar-refractivity contribution in [1.29, 1.82) is 0 Å². The van der Waals surface area contributed by atoms with Crippen molar-refractivity contribution in [3.63, 3.8) is 0 Å². The van der Waals surface area contributed by atoms with Crippen molar-refractivity contribution in [3.05, 3.63) is 53.6 Å². The number of aryl methyl sites for hydroxylation is 2. The number of hydrogen-bond donors (Lipinski definition) is 1. The van der Waals surface area contributed by atoms with Crippen molar-refractivity contribution >= 4 is 22.8 Å². The molecule has 2 aliphatic rings. The van der Waals surface area contributed by atoms with E-state index < -0.39 is 5.60 Å². The van der Waals surface area contributed by atoms with E-state index in [1.807, 2.05) is 33.0 Å². The van der Waals surface area contributed by atoms with Gasteiger partial charge in [-0.2, -0.15) is 0 Å². The fourth-order valence-electron chi connectivity index (χ4n) is 5.19. The van der Waals surface area contributed by atoms with E-state index in [1.54, 1.807) is 4.90 Å². The van der Waals surface area contributed by atoms with Crippen molar-refractivity contribution in [2.45, 2.75) is 58.2 Å². The lowest BCUT2D eigenvalue weighted by Crippen LogP contribution is -2.50.